The topological polar surface area (TPSA) is 75.2 Å². The SMILES string of the molecule is O=C(Nc1ccc(F)cc1)c1nnc([C@@H]2CCCN2C(=O)c2ccccc2)s1. The molecule has 1 saturated heterocycles. The summed E-state index contributed by atoms with van der Waals surface area (Å²) in [6.07, 6.45) is 1.66. The van der Waals surface area contributed by atoms with Gasteiger partial charge in [0.25, 0.3) is 11.8 Å². The van der Waals surface area contributed by atoms with Crippen molar-refractivity contribution in [2.45, 2.75) is 18.9 Å². The summed E-state index contributed by atoms with van der Waals surface area (Å²) in [6, 6.07) is 14.4. The molecule has 1 N–H and O–H groups in total. The Hall–Kier alpha value is -3.13. The van der Waals surface area contributed by atoms with Crippen LogP contribution >= 0.6 is 11.3 Å². The smallest absolute Gasteiger partial charge is 0.286 e. The molecule has 2 aromatic carbocycles. The first kappa shape index (κ1) is 18.2. The van der Waals surface area contributed by atoms with Crippen molar-refractivity contribution in [2.24, 2.45) is 0 Å². The first-order valence-corrected chi connectivity index (χ1v) is 9.70. The fraction of sp³-hybridized carbons (Fsp3) is 0.200. The Labute approximate surface area is 165 Å². The normalized spacial score (nSPS) is 16.2. The average molecular weight is 396 g/mol. The molecule has 2 heterocycles. The maximum Gasteiger partial charge on any atom is 0.286 e. The number of benzene rings is 2. The van der Waals surface area contributed by atoms with Crippen LogP contribution in [0.15, 0.2) is 54.6 Å². The minimum Gasteiger partial charge on any atom is -0.329 e. The number of nitrogens with one attached hydrogen (secondary N) is 1. The van der Waals surface area contributed by atoms with E-state index in [0.29, 0.717) is 22.8 Å². The molecule has 2 amide bonds. The third-order valence-corrected chi connectivity index (χ3v) is 5.58. The molecule has 1 fully saturated rings. The molecule has 0 spiro atoms. The molecule has 1 aliphatic heterocycles. The van der Waals surface area contributed by atoms with E-state index in [2.05, 4.69) is 15.5 Å². The molecular weight excluding hydrogens is 379 g/mol. The number of hydrogen-bond donors (Lipinski definition) is 1. The van der Waals surface area contributed by atoms with Crippen molar-refractivity contribution in [1.29, 1.82) is 0 Å². The van der Waals surface area contributed by atoms with E-state index in [9.17, 15) is 14.0 Å². The van der Waals surface area contributed by atoms with Crippen LogP contribution in [0.5, 0.6) is 0 Å². The summed E-state index contributed by atoms with van der Waals surface area (Å²) in [7, 11) is 0. The number of likely N-dealkylation sites (tertiary alicyclic amines) is 1. The number of carbonyl (C=O) groups excluding carboxylic acids is 2. The second-order valence-corrected chi connectivity index (χ2v) is 7.44. The molecular formula is C20H17FN4O2S. The Morgan fingerprint density at radius 1 is 1.07 bits per heavy atom. The van der Waals surface area contributed by atoms with Gasteiger partial charge in [0, 0.05) is 17.8 Å². The summed E-state index contributed by atoms with van der Waals surface area (Å²) in [4.78, 5) is 27.0. The van der Waals surface area contributed by atoms with Gasteiger partial charge in [0.05, 0.1) is 6.04 Å². The van der Waals surface area contributed by atoms with E-state index in [-0.39, 0.29) is 22.8 Å². The number of anilines is 1. The van der Waals surface area contributed by atoms with Crippen LogP contribution in [0.1, 0.15) is 44.1 Å². The molecule has 0 unspecified atom stereocenters. The van der Waals surface area contributed by atoms with E-state index in [4.69, 9.17) is 0 Å². The van der Waals surface area contributed by atoms with Crippen LogP contribution in [-0.2, 0) is 0 Å². The zero-order valence-electron chi connectivity index (χ0n) is 14.8. The van der Waals surface area contributed by atoms with E-state index < -0.39 is 5.91 Å². The molecule has 142 valence electrons. The lowest BCUT2D eigenvalue weighted by atomic mass is 10.2. The van der Waals surface area contributed by atoms with Crippen LogP contribution in [-0.4, -0.2) is 33.5 Å². The molecule has 8 heteroatoms. The van der Waals surface area contributed by atoms with Crippen molar-refractivity contribution < 1.29 is 14.0 Å². The third-order valence-electron chi connectivity index (χ3n) is 4.56. The first-order valence-electron chi connectivity index (χ1n) is 8.88. The maximum atomic E-state index is 13.0. The largest absolute Gasteiger partial charge is 0.329 e. The van der Waals surface area contributed by atoms with Crippen LogP contribution in [0.4, 0.5) is 10.1 Å². The molecule has 1 aliphatic rings. The molecule has 1 aromatic heterocycles. The monoisotopic (exact) mass is 396 g/mol. The Bertz CT molecular complexity index is 991. The van der Waals surface area contributed by atoms with Gasteiger partial charge in [-0.2, -0.15) is 0 Å². The quantitative estimate of drug-likeness (QED) is 0.726. The molecule has 28 heavy (non-hydrogen) atoms. The first-order chi connectivity index (χ1) is 13.6. The highest BCUT2D eigenvalue weighted by molar-refractivity contribution is 7.13. The van der Waals surface area contributed by atoms with Crippen LogP contribution in [0.25, 0.3) is 0 Å². The second kappa shape index (κ2) is 7.85. The van der Waals surface area contributed by atoms with Crippen LogP contribution in [0.3, 0.4) is 0 Å². The zero-order valence-corrected chi connectivity index (χ0v) is 15.7. The van der Waals surface area contributed by atoms with Crippen molar-refractivity contribution in [2.75, 3.05) is 11.9 Å². The summed E-state index contributed by atoms with van der Waals surface area (Å²) in [5.41, 5.74) is 1.11. The summed E-state index contributed by atoms with van der Waals surface area (Å²) in [5.74, 6) is -0.828. The number of carbonyl (C=O) groups is 2. The minimum atomic E-state index is -0.408. The maximum absolute atomic E-state index is 13.0. The van der Waals surface area contributed by atoms with Crippen molar-refractivity contribution in [1.82, 2.24) is 15.1 Å². The number of nitrogens with zero attached hydrogens (tertiary/aromatic N) is 3. The Balaban J connectivity index is 1.49. The number of rotatable bonds is 4. The van der Waals surface area contributed by atoms with Gasteiger partial charge in [-0.1, -0.05) is 29.5 Å². The molecule has 0 radical (unpaired) electrons. The lowest BCUT2D eigenvalue weighted by Gasteiger charge is -2.22. The van der Waals surface area contributed by atoms with E-state index in [1.807, 2.05) is 18.2 Å². The van der Waals surface area contributed by atoms with Gasteiger partial charge in [-0.05, 0) is 49.2 Å². The van der Waals surface area contributed by atoms with Crippen molar-refractivity contribution >= 4 is 28.8 Å². The number of amides is 2. The summed E-state index contributed by atoms with van der Waals surface area (Å²) in [6.45, 7) is 0.648. The van der Waals surface area contributed by atoms with E-state index in [1.54, 1.807) is 17.0 Å². The fourth-order valence-corrected chi connectivity index (χ4v) is 4.08. The predicted molar refractivity (Wildman–Crippen MR) is 104 cm³/mol. The van der Waals surface area contributed by atoms with Crippen molar-refractivity contribution in [3.8, 4) is 0 Å². The Kier molecular flexibility index (Phi) is 5.12. The molecule has 0 saturated carbocycles. The average Bonchev–Trinajstić information content (AvgIpc) is 3.39. The number of halogens is 1. The molecule has 0 aliphatic carbocycles. The van der Waals surface area contributed by atoms with Gasteiger partial charge in [0.2, 0.25) is 5.01 Å². The van der Waals surface area contributed by atoms with Gasteiger partial charge in [-0.15, -0.1) is 10.2 Å². The van der Waals surface area contributed by atoms with Gasteiger partial charge in [-0.3, -0.25) is 9.59 Å². The van der Waals surface area contributed by atoms with Gasteiger partial charge < -0.3 is 10.2 Å². The molecule has 3 aromatic rings. The number of hydrogen-bond acceptors (Lipinski definition) is 5. The van der Waals surface area contributed by atoms with Crippen LogP contribution < -0.4 is 5.32 Å². The highest BCUT2D eigenvalue weighted by Gasteiger charge is 2.33. The zero-order chi connectivity index (χ0) is 19.5. The molecule has 6 nitrogen and oxygen atoms in total. The highest BCUT2D eigenvalue weighted by Crippen LogP contribution is 2.34. The highest BCUT2D eigenvalue weighted by atomic mass is 32.1. The Morgan fingerprint density at radius 2 is 1.82 bits per heavy atom. The van der Waals surface area contributed by atoms with Crippen molar-refractivity contribution in [3.63, 3.8) is 0 Å². The molecule has 4 rings (SSSR count). The lowest BCUT2D eigenvalue weighted by molar-refractivity contribution is 0.0735. The van der Waals surface area contributed by atoms with Crippen LogP contribution in [0.2, 0.25) is 0 Å². The van der Waals surface area contributed by atoms with Crippen molar-refractivity contribution in [3.05, 3.63) is 76.0 Å². The lowest BCUT2D eigenvalue weighted by Crippen LogP contribution is -2.30. The predicted octanol–water partition coefficient (Wildman–Crippen LogP) is 3.91. The van der Waals surface area contributed by atoms with E-state index >= 15 is 0 Å². The second-order valence-electron chi connectivity index (χ2n) is 6.43. The van der Waals surface area contributed by atoms with Gasteiger partial charge >= 0.3 is 0 Å². The van der Waals surface area contributed by atoms with Crippen LogP contribution in [0, 0.1) is 5.82 Å². The van der Waals surface area contributed by atoms with Gasteiger partial charge in [0.1, 0.15) is 10.8 Å². The fourth-order valence-electron chi connectivity index (χ4n) is 3.19. The summed E-state index contributed by atoms with van der Waals surface area (Å²) >= 11 is 1.17. The van der Waals surface area contributed by atoms with Gasteiger partial charge in [-0.25, -0.2) is 4.39 Å². The van der Waals surface area contributed by atoms with Gasteiger partial charge in [0.15, 0.2) is 0 Å². The van der Waals surface area contributed by atoms with E-state index in [1.165, 1.54) is 35.6 Å². The minimum absolute atomic E-state index is 0.0457. The number of aromatic nitrogens is 2. The molecule has 1 atom stereocenters. The Morgan fingerprint density at radius 3 is 2.57 bits per heavy atom. The molecule has 0 bridgehead atoms. The standard InChI is InChI=1S/C20H17FN4O2S/c21-14-8-10-15(11-9-14)22-17(26)19-24-23-18(28-19)16-7-4-12-25(16)20(27)13-5-2-1-3-6-13/h1-3,5-6,8-11,16H,4,7,12H2,(H,22,26)/t16-/m0/s1. The van der Waals surface area contributed by atoms with E-state index in [0.717, 1.165) is 12.8 Å². The summed E-state index contributed by atoms with van der Waals surface area (Å²) in [5, 5.41) is 11.7. The summed E-state index contributed by atoms with van der Waals surface area (Å²) < 4.78 is 13.0. The third kappa shape index (κ3) is 3.77.